The smallest absolute Gasteiger partial charge is 0.307 e. The molecule has 0 aromatic heterocycles. The third-order valence-electron chi connectivity index (χ3n) is 3.23. The van der Waals surface area contributed by atoms with E-state index >= 15 is 0 Å². The number of benzene rings is 1. The lowest BCUT2D eigenvalue weighted by Crippen LogP contribution is -2.32. The predicted octanol–water partition coefficient (Wildman–Crippen LogP) is 1.01. The van der Waals surface area contributed by atoms with Gasteiger partial charge in [0.15, 0.2) is 0 Å². The van der Waals surface area contributed by atoms with Crippen LogP contribution in [0.1, 0.15) is 12.0 Å². The fourth-order valence-electron chi connectivity index (χ4n) is 2.05. The van der Waals surface area contributed by atoms with Gasteiger partial charge in [-0.1, -0.05) is 11.6 Å². The number of carbonyl (C=O) groups excluding carboxylic acids is 1. The first-order chi connectivity index (χ1) is 10.2. The lowest BCUT2D eigenvalue weighted by atomic mass is 10.2. The minimum absolute atomic E-state index is 0.140. The van der Waals surface area contributed by atoms with Crippen LogP contribution < -0.4 is 4.72 Å². The number of halogens is 1. The molecule has 1 amide bonds. The maximum absolute atomic E-state index is 12.2. The molecule has 120 valence electrons. The van der Waals surface area contributed by atoms with Crippen molar-refractivity contribution in [2.45, 2.75) is 17.9 Å². The number of amides is 1. The summed E-state index contributed by atoms with van der Waals surface area (Å²) in [7, 11) is -2.66. The number of hydrogen-bond acceptors (Lipinski definition) is 5. The summed E-state index contributed by atoms with van der Waals surface area (Å²) in [5.74, 6) is -3.56. The molecule has 0 aliphatic heterocycles. The van der Waals surface area contributed by atoms with Crippen LogP contribution in [0, 0.1) is 11.8 Å². The van der Waals surface area contributed by atoms with Gasteiger partial charge in [-0.15, -0.1) is 0 Å². The van der Waals surface area contributed by atoms with Gasteiger partial charge in [-0.2, -0.15) is 0 Å². The van der Waals surface area contributed by atoms with Crippen molar-refractivity contribution in [3.63, 3.8) is 0 Å². The van der Waals surface area contributed by atoms with E-state index in [1.54, 1.807) is 6.07 Å². The summed E-state index contributed by atoms with van der Waals surface area (Å²) in [5, 5.41) is 8.95. The number of nitrogens with one attached hydrogen (secondary N) is 1. The molecule has 1 aliphatic carbocycles. The van der Waals surface area contributed by atoms with Crippen LogP contribution in [-0.4, -0.2) is 32.5 Å². The molecule has 0 radical (unpaired) electrons. The molecule has 2 rings (SSSR count). The van der Waals surface area contributed by atoms with Crippen molar-refractivity contribution >= 4 is 33.5 Å². The average molecular weight is 348 g/mol. The molecule has 2 atom stereocenters. The number of rotatable bonds is 6. The molecular weight excluding hydrogens is 334 g/mol. The van der Waals surface area contributed by atoms with Gasteiger partial charge in [0.2, 0.25) is 5.91 Å². The summed E-state index contributed by atoms with van der Waals surface area (Å²) < 4.78 is 31.2. The van der Waals surface area contributed by atoms with E-state index in [-0.39, 0.29) is 22.9 Å². The van der Waals surface area contributed by atoms with Gasteiger partial charge >= 0.3 is 5.97 Å². The molecule has 1 aliphatic rings. The molecule has 0 spiro atoms. The largest absolute Gasteiger partial charge is 0.481 e. The van der Waals surface area contributed by atoms with Crippen molar-refractivity contribution in [2.75, 3.05) is 7.11 Å². The second kappa shape index (κ2) is 6.23. The summed E-state index contributed by atoms with van der Waals surface area (Å²) >= 11 is 5.86. The van der Waals surface area contributed by atoms with Crippen molar-refractivity contribution in [3.05, 3.63) is 28.8 Å². The van der Waals surface area contributed by atoms with Crippen LogP contribution in [0.5, 0.6) is 0 Å². The van der Waals surface area contributed by atoms with Crippen LogP contribution in [0.25, 0.3) is 0 Å². The molecule has 1 fully saturated rings. The fourth-order valence-corrected chi connectivity index (χ4v) is 3.50. The third kappa shape index (κ3) is 3.76. The number of hydrogen-bond donors (Lipinski definition) is 2. The zero-order chi connectivity index (χ0) is 16.5. The molecular formula is C13H14ClNO6S. The molecule has 22 heavy (non-hydrogen) atoms. The highest BCUT2D eigenvalue weighted by atomic mass is 35.5. The van der Waals surface area contributed by atoms with Crippen LogP contribution in [0.2, 0.25) is 5.02 Å². The van der Waals surface area contributed by atoms with Gasteiger partial charge in [-0.25, -0.2) is 13.1 Å². The van der Waals surface area contributed by atoms with Gasteiger partial charge < -0.3 is 9.84 Å². The molecule has 1 aromatic rings. The van der Waals surface area contributed by atoms with Crippen molar-refractivity contribution in [3.8, 4) is 0 Å². The van der Waals surface area contributed by atoms with E-state index in [2.05, 4.69) is 0 Å². The first-order valence-electron chi connectivity index (χ1n) is 6.32. The predicted molar refractivity (Wildman–Crippen MR) is 76.7 cm³/mol. The maximum Gasteiger partial charge on any atom is 0.307 e. The van der Waals surface area contributed by atoms with Gasteiger partial charge in [-0.05, 0) is 30.2 Å². The Bertz CT molecular complexity index is 717. The van der Waals surface area contributed by atoms with E-state index in [0.717, 1.165) is 0 Å². The lowest BCUT2D eigenvalue weighted by molar-refractivity contribution is -0.140. The van der Waals surface area contributed by atoms with Gasteiger partial charge in [0.1, 0.15) is 0 Å². The number of sulfonamides is 1. The minimum atomic E-state index is -4.11. The Morgan fingerprint density at radius 2 is 2.05 bits per heavy atom. The summed E-state index contributed by atoms with van der Waals surface area (Å²) in [6.45, 7) is 0.167. The number of aliphatic carboxylic acids is 1. The molecule has 0 saturated heterocycles. The quantitative estimate of drug-likeness (QED) is 0.794. The Morgan fingerprint density at radius 1 is 1.36 bits per heavy atom. The standard InChI is InChI=1S/C13H14ClNO6S/c1-21-6-7-2-8(14)4-9(3-7)22(19,20)15-12(16)10-5-11(10)13(17)18/h2-4,10-11H,5-6H2,1H3,(H,15,16)(H,17,18)/t10-,11-/m1/s1. The molecule has 1 aromatic carbocycles. The maximum atomic E-state index is 12.2. The highest BCUT2D eigenvalue weighted by Gasteiger charge is 2.49. The Kier molecular flexibility index (Phi) is 4.74. The number of methoxy groups -OCH3 is 1. The Balaban J connectivity index is 2.17. The van der Waals surface area contributed by atoms with E-state index in [1.165, 1.54) is 19.2 Å². The number of carbonyl (C=O) groups is 2. The monoisotopic (exact) mass is 347 g/mol. The topological polar surface area (TPSA) is 110 Å². The summed E-state index contributed by atoms with van der Waals surface area (Å²) in [4.78, 5) is 22.3. The van der Waals surface area contributed by atoms with Crippen molar-refractivity contribution < 1.29 is 27.9 Å². The van der Waals surface area contributed by atoms with Crippen LogP contribution >= 0.6 is 11.6 Å². The van der Waals surface area contributed by atoms with Gasteiger partial charge in [0.05, 0.1) is 23.3 Å². The average Bonchev–Trinajstić information content (AvgIpc) is 3.18. The Labute approximate surface area is 132 Å². The van der Waals surface area contributed by atoms with Gasteiger partial charge in [-0.3, -0.25) is 9.59 Å². The van der Waals surface area contributed by atoms with Crippen molar-refractivity contribution in [1.29, 1.82) is 0 Å². The van der Waals surface area contributed by atoms with E-state index in [9.17, 15) is 18.0 Å². The molecule has 1 saturated carbocycles. The van der Waals surface area contributed by atoms with Crippen LogP contribution in [-0.2, 0) is 31.0 Å². The van der Waals surface area contributed by atoms with Crippen LogP contribution in [0.4, 0.5) is 0 Å². The molecule has 0 bridgehead atoms. The number of ether oxygens (including phenoxy) is 1. The first-order valence-corrected chi connectivity index (χ1v) is 8.18. The van der Waals surface area contributed by atoms with E-state index in [4.69, 9.17) is 21.4 Å². The lowest BCUT2D eigenvalue weighted by Gasteiger charge is -2.09. The van der Waals surface area contributed by atoms with Gasteiger partial charge in [0.25, 0.3) is 10.0 Å². The second-order valence-electron chi connectivity index (χ2n) is 4.98. The number of carboxylic acids is 1. The second-order valence-corrected chi connectivity index (χ2v) is 7.10. The highest BCUT2D eigenvalue weighted by Crippen LogP contribution is 2.39. The van der Waals surface area contributed by atoms with Gasteiger partial charge in [0, 0.05) is 12.1 Å². The molecule has 0 unspecified atom stereocenters. The fraction of sp³-hybridized carbons (Fsp3) is 0.385. The van der Waals surface area contributed by atoms with E-state index in [0.29, 0.717) is 5.56 Å². The third-order valence-corrected chi connectivity index (χ3v) is 4.78. The number of carboxylic acid groups (broad SMARTS) is 1. The molecule has 2 N–H and O–H groups in total. The zero-order valence-electron chi connectivity index (χ0n) is 11.6. The summed E-state index contributed by atoms with van der Waals surface area (Å²) in [5.41, 5.74) is 0.539. The first kappa shape index (κ1) is 16.7. The molecule has 7 nitrogen and oxygen atoms in total. The summed E-state index contributed by atoms with van der Waals surface area (Å²) in [6, 6.07) is 4.09. The Hall–Kier alpha value is -1.64. The van der Waals surface area contributed by atoms with Crippen molar-refractivity contribution in [1.82, 2.24) is 4.72 Å². The Morgan fingerprint density at radius 3 is 2.59 bits per heavy atom. The summed E-state index contributed by atoms with van der Waals surface area (Å²) in [6.07, 6.45) is 0.140. The van der Waals surface area contributed by atoms with Crippen LogP contribution in [0.15, 0.2) is 23.1 Å². The van der Waals surface area contributed by atoms with Crippen molar-refractivity contribution in [2.24, 2.45) is 11.8 Å². The highest BCUT2D eigenvalue weighted by molar-refractivity contribution is 7.90. The minimum Gasteiger partial charge on any atom is -0.481 e. The zero-order valence-corrected chi connectivity index (χ0v) is 13.1. The molecule has 0 heterocycles. The van der Waals surface area contributed by atoms with E-state index in [1.807, 2.05) is 4.72 Å². The molecule has 9 heteroatoms. The van der Waals surface area contributed by atoms with Crippen LogP contribution in [0.3, 0.4) is 0 Å². The normalized spacial score (nSPS) is 20.5. The van der Waals surface area contributed by atoms with E-state index < -0.39 is 33.7 Å². The SMILES string of the molecule is COCc1cc(Cl)cc(S(=O)(=O)NC(=O)[C@@H]2C[C@H]2C(=O)O)c1.